The zero-order chi connectivity index (χ0) is 21.6. The van der Waals surface area contributed by atoms with E-state index in [0.29, 0.717) is 12.6 Å². The first kappa shape index (κ1) is 22.1. The van der Waals surface area contributed by atoms with Crippen LogP contribution in [-0.4, -0.2) is 79.0 Å². The smallest absolute Gasteiger partial charge is 0.317 e. The number of carbonyl (C=O) groups is 1. The van der Waals surface area contributed by atoms with E-state index in [0.717, 1.165) is 50.9 Å². The molecule has 4 rings (SSSR count). The van der Waals surface area contributed by atoms with Crippen molar-refractivity contribution in [2.45, 2.75) is 62.6 Å². The van der Waals surface area contributed by atoms with E-state index in [-0.39, 0.29) is 30.6 Å². The Morgan fingerprint density at radius 2 is 1.90 bits per heavy atom. The minimum absolute atomic E-state index is 0.0868. The first-order valence-corrected chi connectivity index (χ1v) is 11.7. The number of carbonyl (C=O) groups excluding carboxylic acids is 1. The van der Waals surface area contributed by atoms with Crippen LogP contribution >= 0.6 is 0 Å². The summed E-state index contributed by atoms with van der Waals surface area (Å²) < 4.78 is 4.99. The van der Waals surface area contributed by atoms with Crippen molar-refractivity contribution in [3.8, 4) is 11.8 Å². The molecule has 6 nitrogen and oxygen atoms in total. The summed E-state index contributed by atoms with van der Waals surface area (Å²) in [6.07, 6.45) is 6.70. The average Bonchev–Trinajstić information content (AvgIpc) is 3.27. The summed E-state index contributed by atoms with van der Waals surface area (Å²) in [6.45, 7) is 3.09. The molecule has 2 amide bonds. The summed E-state index contributed by atoms with van der Waals surface area (Å²) in [7, 11) is 1.64. The zero-order valence-electron chi connectivity index (χ0n) is 18.6. The number of benzene rings is 1. The number of urea groups is 1. The molecule has 6 heteroatoms. The van der Waals surface area contributed by atoms with Gasteiger partial charge in [0.25, 0.3) is 0 Å². The summed E-state index contributed by atoms with van der Waals surface area (Å²) in [5, 5.41) is 13.4. The third-order valence-electron chi connectivity index (χ3n) is 7.08. The van der Waals surface area contributed by atoms with Gasteiger partial charge in [-0.25, -0.2) is 4.79 Å². The fourth-order valence-electron chi connectivity index (χ4n) is 5.46. The quantitative estimate of drug-likeness (QED) is 0.728. The normalized spacial score (nSPS) is 26.8. The van der Waals surface area contributed by atoms with Crippen molar-refractivity contribution in [3.05, 3.63) is 35.4 Å². The first-order valence-electron chi connectivity index (χ1n) is 11.7. The Morgan fingerprint density at radius 1 is 1.16 bits per heavy atom. The third-order valence-corrected chi connectivity index (χ3v) is 7.08. The molecule has 31 heavy (non-hydrogen) atoms. The highest BCUT2D eigenvalue weighted by atomic mass is 16.5. The number of nitrogens with one attached hydrogen (secondary N) is 1. The number of aliphatic hydroxyl groups excluding tert-OH is 1. The molecule has 3 atom stereocenters. The van der Waals surface area contributed by atoms with Gasteiger partial charge in [-0.2, -0.15) is 0 Å². The highest BCUT2D eigenvalue weighted by Gasteiger charge is 2.49. The van der Waals surface area contributed by atoms with Gasteiger partial charge in [-0.15, -0.1) is 0 Å². The van der Waals surface area contributed by atoms with Gasteiger partial charge >= 0.3 is 6.03 Å². The van der Waals surface area contributed by atoms with Crippen LogP contribution in [0.15, 0.2) is 24.3 Å². The maximum Gasteiger partial charge on any atom is 0.317 e. The minimum Gasteiger partial charge on any atom is -0.395 e. The predicted molar refractivity (Wildman–Crippen MR) is 121 cm³/mol. The molecule has 0 spiro atoms. The molecule has 2 saturated heterocycles. The minimum atomic E-state index is 0.0868. The van der Waals surface area contributed by atoms with E-state index in [9.17, 15) is 9.90 Å². The third kappa shape index (κ3) is 5.06. The Labute approximate surface area is 185 Å². The maximum absolute atomic E-state index is 13.0. The summed E-state index contributed by atoms with van der Waals surface area (Å²) in [4.78, 5) is 17.4. The fraction of sp³-hybridized carbons (Fsp3) is 0.640. The molecule has 3 aliphatic rings. The molecule has 168 valence electrons. The van der Waals surface area contributed by atoms with E-state index in [1.165, 1.54) is 18.4 Å². The largest absolute Gasteiger partial charge is 0.395 e. The van der Waals surface area contributed by atoms with Gasteiger partial charge in [-0.3, -0.25) is 4.90 Å². The number of rotatable bonds is 4. The van der Waals surface area contributed by atoms with Gasteiger partial charge in [0.15, 0.2) is 0 Å². The Balaban J connectivity index is 1.47. The van der Waals surface area contributed by atoms with E-state index in [2.05, 4.69) is 34.2 Å². The van der Waals surface area contributed by atoms with Gasteiger partial charge in [0, 0.05) is 49.8 Å². The Morgan fingerprint density at radius 3 is 2.61 bits per heavy atom. The van der Waals surface area contributed by atoms with Crippen molar-refractivity contribution in [1.29, 1.82) is 0 Å². The van der Waals surface area contributed by atoms with Gasteiger partial charge in [-0.05, 0) is 49.9 Å². The van der Waals surface area contributed by atoms with Crippen LogP contribution in [-0.2, 0) is 4.74 Å². The van der Waals surface area contributed by atoms with Gasteiger partial charge < -0.3 is 20.1 Å². The second-order valence-electron chi connectivity index (χ2n) is 9.02. The molecule has 0 radical (unpaired) electrons. The Bertz CT molecular complexity index is 794. The number of ether oxygens (including phenoxy) is 1. The summed E-state index contributed by atoms with van der Waals surface area (Å²) in [5.74, 6) is 6.32. The van der Waals surface area contributed by atoms with Crippen LogP contribution in [0.3, 0.4) is 0 Å². The number of amides is 2. The van der Waals surface area contributed by atoms with Gasteiger partial charge in [-0.1, -0.05) is 36.8 Å². The topological polar surface area (TPSA) is 65.0 Å². The SMILES string of the molecule is COCC#Cc1ccc([C@@H]2[C@H]3CN(C(=O)NC4CCCC4)CCCCN3[C@H]2CO)cc1. The molecule has 0 unspecified atom stereocenters. The molecule has 1 aliphatic carbocycles. The van der Waals surface area contributed by atoms with E-state index in [1.54, 1.807) is 7.11 Å². The van der Waals surface area contributed by atoms with Crippen molar-refractivity contribution in [3.63, 3.8) is 0 Å². The lowest BCUT2D eigenvalue weighted by molar-refractivity contribution is -0.0591. The van der Waals surface area contributed by atoms with Gasteiger partial charge in [0.05, 0.1) is 6.61 Å². The lowest BCUT2D eigenvalue weighted by Gasteiger charge is -2.57. The molecule has 1 aromatic rings. The number of methoxy groups -OCH3 is 1. The predicted octanol–water partition coefficient (Wildman–Crippen LogP) is 2.56. The van der Waals surface area contributed by atoms with Crippen molar-refractivity contribution in [1.82, 2.24) is 15.1 Å². The van der Waals surface area contributed by atoms with E-state index < -0.39 is 0 Å². The van der Waals surface area contributed by atoms with E-state index in [1.807, 2.05) is 17.0 Å². The zero-order valence-corrected chi connectivity index (χ0v) is 18.6. The molecule has 2 aliphatic heterocycles. The molecule has 3 fully saturated rings. The van der Waals surface area contributed by atoms with Crippen LogP contribution in [0.1, 0.15) is 55.6 Å². The number of fused-ring (bicyclic) bond motifs is 1. The standard InChI is InChI=1S/C25H35N3O3/c1-31-16-6-7-19-10-12-20(13-11-19)24-22-17-27(25(30)26-21-8-2-3-9-21)14-4-5-15-28(22)23(24)18-29/h10-13,21-24,29H,2-5,8-9,14-18H2,1H3,(H,26,30)/t22-,23+,24-/m1/s1. The number of aliphatic hydroxyl groups is 1. The number of hydrogen-bond acceptors (Lipinski definition) is 4. The van der Waals surface area contributed by atoms with Crippen molar-refractivity contribution in [2.75, 3.05) is 40.0 Å². The molecule has 2 N–H and O–H groups in total. The molecular formula is C25H35N3O3. The second kappa shape index (κ2) is 10.5. The highest BCUT2D eigenvalue weighted by Crippen LogP contribution is 2.42. The van der Waals surface area contributed by atoms with Crippen LogP contribution in [0.5, 0.6) is 0 Å². The maximum atomic E-state index is 13.0. The molecule has 1 aromatic carbocycles. The van der Waals surface area contributed by atoms with Crippen LogP contribution in [0, 0.1) is 11.8 Å². The summed E-state index contributed by atoms with van der Waals surface area (Å²) in [5.41, 5.74) is 2.18. The van der Waals surface area contributed by atoms with Crippen LogP contribution in [0.2, 0.25) is 0 Å². The lowest BCUT2D eigenvalue weighted by atomic mass is 9.74. The average molecular weight is 426 g/mol. The molecule has 1 saturated carbocycles. The summed E-state index contributed by atoms with van der Waals surface area (Å²) >= 11 is 0. The van der Waals surface area contributed by atoms with Crippen molar-refractivity contribution < 1.29 is 14.6 Å². The Hall–Kier alpha value is -2.07. The Kier molecular flexibility index (Phi) is 7.49. The van der Waals surface area contributed by atoms with Crippen LogP contribution in [0.4, 0.5) is 4.79 Å². The molecular weight excluding hydrogens is 390 g/mol. The molecule has 2 heterocycles. The van der Waals surface area contributed by atoms with Crippen LogP contribution < -0.4 is 5.32 Å². The van der Waals surface area contributed by atoms with Gasteiger partial charge in [0.1, 0.15) is 6.61 Å². The fourth-order valence-corrected chi connectivity index (χ4v) is 5.46. The monoisotopic (exact) mass is 425 g/mol. The second-order valence-corrected chi connectivity index (χ2v) is 9.02. The summed E-state index contributed by atoms with van der Waals surface area (Å²) in [6, 6.07) is 9.13. The van der Waals surface area contributed by atoms with Gasteiger partial charge in [0.2, 0.25) is 0 Å². The molecule has 0 bridgehead atoms. The highest BCUT2D eigenvalue weighted by molar-refractivity contribution is 5.74. The first-order chi connectivity index (χ1) is 15.2. The van der Waals surface area contributed by atoms with Crippen molar-refractivity contribution in [2.24, 2.45) is 0 Å². The van der Waals surface area contributed by atoms with E-state index >= 15 is 0 Å². The number of hydrogen-bond donors (Lipinski definition) is 2. The van der Waals surface area contributed by atoms with Crippen LogP contribution in [0.25, 0.3) is 0 Å². The van der Waals surface area contributed by atoms with E-state index in [4.69, 9.17) is 4.74 Å². The number of nitrogens with zero attached hydrogens (tertiary/aromatic N) is 2. The molecule has 0 aromatic heterocycles. The van der Waals surface area contributed by atoms with Crippen molar-refractivity contribution >= 4 is 6.03 Å². The lowest BCUT2D eigenvalue weighted by Crippen LogP contribution is -2.68.